The Morgan fingerprint density at radius 2 is 2.00 bits per heavy atom. The number of aliphatic hydroxyl groups is 1. The summed E-state index contributed by atoms with van der Waals surface area (Å²) < 4.78 is 1.93. The molecule has 0 atom stereocenters. The number of nitrogens with one attached hydrogen (secondary N) is 2. The molecule has 2 aromatic heterocycles. The molecule has 0 saturated carbocycles. The molecule has 3 N–H and O–H groups in total. The van der Waals surface area contributed by atoms with Crippen LogP contribution in [0.15, 0.2) is 18.6 Å². The topological polar surface area (TPSA) is 74.5 Å². The first-order valence-corrected chi connectivity index (χ1v) is 7.65. The Kier molecular flexibility index (Phi) is 5.01. The second-order valence-corrected chi connectivity index (χ2v) is 5.34. The van der Waals surface area contributed by atoms with Gasteiger partial charge in [0.2, 0.25) is 0 Å². The number of aromatic nitrogens is 3. The van der Waals surface area contributed by atoms with E-state index in [0.717, 1.165) is 24.4 Å². The number of nitrogens with zero attached hydrogens (tertiary/aromatic N) is 3. The largest absolute Gasteiger partial charge is 0.388 e. The van der Waals surface area contributed by atoms with Crippen LogP contribution in [0.4, 0.5) is 11.6 Å². The van der Waals surface area contributed by atoms with Crippen LogP contribution in [0.3, 0.4) is 0 Å². The van der Waals surface area contributed by atoms with Crippen molar-refractivity contribution in [2.24, 2.45) is 0 Å². The van der Waals surface area contributed by atoms with Crippen molar-refractivity contribution in [2.75, 3.05) is 23.7 Å². The van der Waals surface area contributed by atoms with E-state index in [0.29, 0.717) is 25.2 Å². The summed E-state index contributed by atoms with van der Waals surface area (Å²) in [6.07, 6.45) is 8.01. The molecule has 0 saturated heterocycles. The number of fused-ring (bicyclic) bond motifs is 1. The van der Waals surface area contributed by atoms with E-state index >= 15 is 0 Å². The van der Waals surface area contributed by atoms with E-state index in [1.54, 1.807) is 6.20 Å². The number of anilines is 2. The zero-order valence-corrected chi connectivity index (χ0v) is 13.1. The quantitative estimate of drug-likeness (QED) is 0.697. The highest BCUT2D eigenvalue weighted by molar-refractivity contribution is 5.65. The molecule has 6 heteroatoms. The molecule has 0 spiro atoms. The number of rotatable bonds is 8. The fourth-order valence-electron chi connectivity index (χ4n) is 2.14. The normalized spacial score (nSPS) is 11.8. The lowest BCUT2D eigenvalue weighted by Crippen LogP contribution is -2.35. The van der Waals surface area contributed by atoms with Crippen LogP contribution in [0.25, 0.3) is 5.65 Å². The molecule has 116 valence electrons. The monoisotopic (exact) mass is 291 g/mol. The Balaban J connectivity index is 2.22. The van der Waals surface area contributed by atoms with Crippen LogP contribution in [0.5, 0.6) is 0 Å². The summed E-state index contributed by atoms with van der Waals surface area (Å²) in [4.78, 5) is 8.89. The fourth-order valence-corrected chi connectivity index (χ4v) is 2.14. The van der Waals surface area contributed by atoms with Gasteiger partial charge < -0.3 is 20.1 Å². The summed E-state index contributed by atoms with van der Waals surface area (Å²) in [5.74, 6) is 1.50. The van der Waals surface area contributed by atoms with Crippen molar-refractivity contribution in [1.82, 2.24) is 14.4 Å². The zero-order valence-electron chi connectivity index (χ0n) is 13.1. The standard InChI is InChI=1S/C15H25N5O/c1-4-7-16-12-10-20-9-8-17-14(20)13(19-12)18-11-15(21,5-2)6-3/h8-10,16,21H,4-7,11H2,1-3H3,(H,18,19). The molecular weight excluding hydrogens is 266 g/mol. The van der Waals surface area contributed by atoms with Gasteiger partial charge in [-0.1, -0.05) is 20.8 Å². The molecule has 0 aromatic carbocycles. The van der Waals surface area contributed by atoms with Crippen LogP contribution < -0.4 is 10.6 Å². The molecule has 0 aliphatic heterocycles. The molecule has 0 bridgehead atoms. The van der Waals surface area contributed by atoms with Crippen LogP contribution in [-0.4, -0.2) is 38.2 Å². The first kappa shape index (κ1) is 15.6. The molecule has 2 heterocycles. The Labute approximate surface area is 125 Å². The van der Waals surface area contributed by atoms with Gasteiger partial charge in [0.05, 0.1) is 11.8 Å². The second-order valence-electron chi connectivity index (χ2n) is 5.34. The molecule has 6 nitrogen and oxygen atoms in total. The van der Waals surface area contributed by atoms with E-state index in [9.17, 15) is 5.11 Å². The van der Waals surface area contributed by atoms with Crippen molar-refractivity contribution in [3.05, 3.63) is 18.6 Å². The molecule has 2 rings (SSSR count). The maximum Gasteiger partial charge on any atom is 0.180 e. The summed E-state index contributed by atoms with van der Waals surface area (Å²) in [6, 6.07) is 0. The van der Waals surface area contributed by atoms with E-state index in [-0.39, 0.29) is 0 Å². The molecule has 0 radical (unpaired) electrons. The first-order valence-electron chi connectivity index (χ1n) is 7.65. The molecule has 0 aliphatic rings. The van der Waals surface area contributed by atoms with Gasteiger partial charge >= 0.3 is 0 Å². The fraction of sp³-hybridized carbons (Fsp3) is 0.600. The first-order chi connectivity index (χ1) is 10.1. The van der Waals surface area contributed by atoms with Gasteiger partial charge in [-0.15, -0.1) is 0 Å². The van der Waals surface area contributed by atoms with Gasteiger partial charge in [-0.2, -0.15) is 0 Å². The Bertz CT molecular complexity index is 576. The molecular formula is C15H25N5O. The van der Waals surface area contributed by atoms with E-state index in [4.69, 9.17) is 0 Å². The minimum absolute atomic E-state index is 0.465. The van der Waals surface area contributed by atoms with E-state index < -0.39 is 5.60 Å². The minimum atomic E-state index is -0.710. The van der Waals surface area contributed by atoms with Crippen molar-refractivity contribution < 1.29 is 5.11 Å². The summed E-state index contributed by atoms with van der Waals surface area (Å²) in [6.45, 7) is 7.43. The SMILES string of the molecule is CCCNc1cn2ccnc2c(NCC(O)(CC)CC)n1. The molecule has 0 aliphatic carbocycles. The molecule has 0 amide bonds. The maximum absolute atomic E-state index is 10.4. The van der Waals surface area contributed by atoms with Crippen LogP contribution in [-0.2, 0) is 0 Å². The molecule has 0 unspecified atom stereocenters. The third-order valence-electron chi connectivity index (χ3n) is 3.83. The smallest absolute Gasteiger partial charge is 0.180 e. The minimum Gasteiger partial charge on any atom is -0.388 e. The van der Waals surface area contributed by atoms with Gasteiger partial charge in [0.25, 0.3) is 0 Å². The lowest BCUT2D eigenvalue weighted by molar-refractivity contribution is 0.0456. The predicted octanol–water partition coefficient (Wildman–Crippen LogP) is 2.51. The third-order valence-corrected chi connectivity index (χ3v) is 3.83. The molecule has 2 aromatic rings. The van der Waals surface area contributed by atoms with Gasteiger partial charge in [0, 0.05) is 25.5 Å². The summed E-state index contributed by atoms with van der Waals surface area (Å²) in [5.41, 5.74) is 0.0598. The maximum atomic E-state index is 10.4. The number of hydrogen-bond acceptors (Lipinski definition) is 5. The van der Waals surface area contributed by atoms with E-state index in [2.05, 4.69) is 27.5 Å². The Morgan fingerprint density at radius 3 is 2.67 bits per heavy atom. The van der Waals surface area contributed by atoms with E-state index in [1.807, 2.05) is 30.6 Å². The van der Waals surface area contributed by atoms with Gasteiger partial charge in [-0.05, 0) is 19.3 Å². The lowest BCUT2D eigenvalue weighted by atomic mass is 9.98. The zero-order chi connectivity index (χ0) is 15.3. The molecule has 0 fully saturated rings. The lowest BCUT2D eigenvalue weighted by Gasteiger charge is -2.25. The third kappa shape index (κ3) is 3.64. The van der Waals surface area contributed by atoms with Crippen LogP contribution >= 0.6 is 0 Å². The number of hydrogen-bond donors (Lipinski definition) is 3. The summed E-state index contributed by atoms with van der Waals surface area (Å²) in [7, 11) is 0. The van der Waals surface area contributed by atoms with E-state index in [1.165, 1.54) is 0 Å². The van der Waals surface area contributed by atoms with Crippen molar-refractivity contribution in [2.45, 2.75) is 45.6 Å². The highest BCUT2D eigenvalue weighted by Crippen LogP contribution is 2.20. The van der Waals surface area contributed by atoms with Gasteiger partial charge in [-0.3, -0.25) is 0 Å². The van der Waals surface area contributed by atoms with Crippen molar-refractivity contribution >= 4 is 17.3 Å². The number of imidazole rings is 1. The van der Waals surface area contributed by atoms with Crippen molar-refractivity contribution in [3.63, 3.8) is 0 Å². The van der Waals surface area contributed by atoms with Gasteiger partial charge in [0.1, 0.15) is 5.82 Å². The second kappa shape index (κ2) is 6.76. The van der Waals surface area contributed by atoms with Crippen LogP contribution in [0.2, 0.25) is 0 Å². The summed E-state index contributed by atoms with van der Waals surface area (Å²) >= 11 is 0. The van der Waals surface area contributed by atoms with Gasteiger partial charge in [0.15, 0.2) is 11.5 Å². The predicted molar refractivity (Wildman–Crippen MR) is 85.8 cm³/mol. The van der Waals surface area contributed by atoms with Crippen molar-refractivity contribution in [3.8, 4) is 0 Å². The van der Waals surface area contributed by atoms with Crippen LogP contribution in [0, 0.1) is 0 Å². The molecule has 21 heavy (non-hydrogen) atoms. The van der Waals surface area contributed by atoms with Crippen LogP contribution in [0.1, 0.15) is 40.0 Å². The summed E-state index contributed by atoms with van der Waals surface area (Å²) in [5, 5.41) is 16.9. The van der Waals surface area contributed by atoms with Gasteiger partial charge in [-0.25, -0.2) is 9.97 Å². The average molecular weight is 291 g/mol. The highest BCUT2D eigenvalue weighted by atomic mass is 16.3. The van der Waals surface area contributed by atoms with Crippen molar-refractivity contribution in [1.29, 1.82) is 0 Å². The Hall–Kier alpha value is -1.82. The Morgan fingerprint density at radius 1 is 1.24 bits per heavy atom. The average Bonchev–Trinajstić information content (AvgIpc) is 2.98. The highest BCUT2D eigenvalue weighted by Gasteiger charge is 2.22.